The summed E-state index contributed by atoms with van der Waals surface area (Å²) in [7, 11) is 0. The third-order valence-electron chi connectivity index (χ3n) is 4.52. The molecule has 1 heterocycles. The predicted molar refractivity (Wildman–Crippen MR) is 104 cm³/mol. The van der Waals surface area contributed by atoms with Crippen molar-refractivity contribution in [3.63, 3.8) is 0 Å². The highest BCUT2D eigenvalue weighted by Gasteiger charge is 2.40. The maximum Gasteiger partial charge on any atom is 0.471 e. The van der Waals surface area contributed by atoms with Crippen LogP contribution in [0.4, 0.5) is 13.2 Å². The van der Waals surface area contributed by atoms with E-state index in [-0.39, 0.29) is 6.04 Å². The Labute approximate surface area is 166 Å². The molecule has 2 atom stereocenters. The Balaban J connectivity index is 1.89. The first-order chi connectivity index (χ1) is 13.7. The van der Waals surface area contributed by atoms with Crippen molar-refractivity contribution < 1.29 is 22.7 Å². The van der Waals surface area contributed by atoms with E-state index in [1.807, 2.05) is 29.9 Å². The number of carbonyl (C=O) groups is 1. The van der Waals surface area contributed by atoms with Crippen LogP contribution in [0.3, 0.4) is 0 Å². The van der Waals surface area contributed by atoms with Gasteiger partial charge in [-0.2, -0.15) is 18.3 Å². The minimum atomic E-state index is -4.96. The van der Waals surface area contributed by atoms with E-state index in [0.29, 0.717) is 11.3 Å². The van der Waals surface area contributed by atoms with Crippen molar-refractivity contribution in [2.45, 2.75) is 45.1 Å². The Hall–Kier alpha value is -3.03. The Morgan fingerprint density at radius 1 is 1.10 bits per heavy atom. The van der Waals surface area contributed by atoms with Crippen molar-refractivity contribution in [1.82, 2.24) is 15.1 Å². The van der Waals surface area contributed by atoms with E-state index < -0.39 is 24.2 Å². The summed E-state index contributed by atoms with van der Waals surface area (Å²) in [5, 5.41) is 7.20. The fraction of sp³-hybridized carbons (Fsp3) is 0.333. The highest BCUT2D eigenvalue weighted by Crippen LogP contribution is 2.29. The fourth-order valence-corrected chi connectivity index (χ4v) is 3.13. The molecule has 1 amide bonds. The van der Waals surface area contributed by atoms with Crippen LogP contribution in [-0.4, -0.2) is 27.9 Å². The number of halogens is 3. The van der Waals surface area contributed by atoms with Gasteiger partial charge < -0.3 is 10.1 Å². The van der Waals surface area contributed by atoms with Crippen molar-refractivity contribution in [3.8, 4) is 5.75 Å². The predicted octanol–water partition coefficient (Wildman–Crippen LogP) is 4.80. The molecule has 0 spiro atoms. The number of hydrogen-bond acceptors (Lipinski definition) is 3. The molecule has 3 aromatic rings. The Morgan fingerprint density at radius 3 is 2.41 bits per heavy atom. The molecule has 2 aromatic carbocycles. The molecule has 5 nitrogen and oxygen atoms in total. The number of carbonyl (C=O) groups excluding carboxylic acids is 1. The van der Waals surface area contributed by atoms with Gasteiger partial charge in [0.25, 0.3) is 0 Å². The first kappa shape index (κ1) is 20.7. The zero-order valence-corrected chi connectivity index (χ0v) is 16.3. The van der Waals surface area contributed by atoms with Gasteiger partial charge in [-0.05, 0) is 44.5 Å². The number of rotatable bonds is 6. The molecule has 0 aliphatic carbocycles. The second kappa shape index (κ2) is 8.14. The van der Waals surface area contributed by atoms with Gasteiger partial charge in [0.15, 0.2) is 0 Å². The number of amides is 1. The summed E-state index contributed by atoms with van der Waals surface area (Å²) in [4.78, 5) is 11.4. The summed E-state index contributed by atoms with van der Waals surface area (Å²) in [5.74, 6) is -1.52. The van der Waals surface area contributed by atoms with E-state index in [1.54, 1.807) is 48.7 Å². The minimum absolute atomic E-state index is 0.189. The molecule has 0 bridgehead atoms. The smallest absolute Gasteiger partial charge is 0.471 e. The highest BCUT2D eigenvalue weighted by molar-refractivity contribution is 5.82. The SMILES string of the molecule is CC(C)n1ncc2cc(O[C@H](c3ccccc3)[C@H](C)NC(=O)C(F)(F)F)ccc21. The van der Waals surface area contributed by atoms with Crippen molar-refractivity contribution in [3.05, 3.63) is 60.3 Å². The van der Waals surface area contributed by atoms with Gasteiger partial charge in [0.05, 0.1) is 17.8 Å². The van der Waals surface area contributed by atoms with E-state index in [1.165, 1.54) is 6.92 Å². The summed E-state index contributed by atoms with van der Waals surface area (Å²) in [6.45, 7) is 5.53. The summed E-state index contributed by atoms with van der Waals surface area (Å²) in [5.41, 5.74) is 1.59. The molecule has 0 saturated carbocycles. The second-order valence-corrected chi connectivity index (χ2v) is 7.11. The average Bonchev–Trinajstić information content (AvgIpc) is 3.09. The number of ether oxygens (including phenoxy) is 1. The van der Waals surface area contributed by atoms with Gasteiger partial charge in [0.1, 0.15) is 11.9 Å². The van der Waals surface area contributed by atoms with E-state index in [0.717, 1.165) is 10.9 Å². The maximum absolute atomic E-state index is 12.7. The highest BCUT2D eigenvalue weighted by atomic mass is 19.4. The normalized spacial score (nSPS) is 14.0. The largest absolute Gasteiger partial charge is 0.484 e. The summed E-state index contributed by atoms with van der Waals surface area (Å²) >= 11 is 0. The molecule has 0 saturated heterocycles. The van der Waals surface area contributed by atoms with E-state index in [2.05, 4.69) is 5.10 Å². The summed E-state index contributed by atoms with van der Waals surface area (Å²) in [6.07, 6.45) is -4.05. The third-order valence-corrected chi connectivity index (χ3v) is 4.52. The topological polar surface area (TPSA) is 56.1 Å². The molecular weight excluding hydrogens is 383 g/mol. The molecule has 8 heteroatoms. The Bertz CT molecular complexity index is 984. The number of aromatic nitrogens is 2. The number of hydrogen-bond donors (Lipinski definition) is 1. The van der Waals surface area contributed by atoms with Crippen LogP contribution in [0, 0.1) is 0 Å². The Morgan fingerprint density at radius 2 is 1.79 bits per heavy atom. The number of fused-ring (bicyclic) bond motifs is 1. The molecule has 0 unspecified atom stereocenters. The van der Waals surface area contributed by atoms with Gasteiger partial charge in [-0.15, -0.1) is 0 Å². The first-order valence-electron chi connectivity index (χ1n) is 9.23. The molecule has 3 rings (SSSR count). The number of nitrogens with one attached hydrogen (secondary N) is 1. The lowest BCUT2D eigenvalue weighted by Crippen LogP contribution is -2.45. The van der Waals surface area contributed by atoms with Gasteiger partial charge in [0, 0.05) is 11.4 Å². The second-order valence-electron chi connectivity index (χ2n) is 7.11. The lowest BCUT2D eigenvalue weighted by Gasteiger charge is -2.27. The lowest BCUT2D eigenvalue weighted by atomic mass is 10.0. The van der Waals surface area contributed by atoms with Crippen molar-refractivity contribution in [2.24, 2.45) is 0 Å². The van der Waals surface area contributed by atoms with Crippen LogP contribution in [0.2, 0.25) is 0 Å². The third kappa shape index (κ3) is 4.70. The quantitative estimate of drug-likeness (QED) is 0.641. The first-order valence-corrected chi connectivity index (χ1v) is 9.23. The van der Waals surface area contributed by atoms with Crippen LogP contribution in [-0.2, 0) is 4.79 Å². The lowest BCUT2D eigenvalue weighted by molar-refractivity contribution is -0.174. The van der Waals surface area contributed by atoms with Gasteiger partial charge >= 0.3 is 12.1 Å². The van der Waals surface area contributed by atoms with Crippen molar-refractivity contribution >= 4 is 16.8 Å². The zero-order valence-electron chi connectivity index (χ0n) is 16.3. The van der Waals surface area contributed by atoms with Gasteiger partial charge in [-0.25, -0.2) is 0 Å². The maximum atomic E-state index is 12.7. The van der Waals surface area contributed by atoms with Crippen LogP contribution < -0.4 is 10.1 Å². The van der Waals surface area contributed by atoms with E-state index in [4.69, 9.17) is 4.74 Å². The van der Waals surface area contributed by atoms with E-state index >= 15 is 0 Å². The fourth-order valence-electron chi connectivity index (χ4n) is 3.13. The molecule has 154 valence electrons. The summed E-state index contributed by atoms with van der Waals surface area (Å²) < 4.78 is 46.0. The van der Waals surface area contributed by atoms with Crippen LogP contribution in [0.1, 0.15) is 38.5 Å². The molecule has 0 aliphatic heterocycles. The number of alkyl halides is 3. The standard InChI is InChI=1S/C21H22F3N3O2/c1-13(2)27-18-10-9-17(11-16(18)12-25-27)29-19(15-7-5-4-6-8-15)14(3)26-20(28)21(22,23)24/h4-14,19H,1-3H3,(H,26,28)/t14-,19-/m0/s1. The van der Waals surface area contributed by atoms with Gasteiger partial charge in [0.2, 0.25) is 0 Å². The van der Waals surface area contributed by atoms with Gasteiger partial charge in [-0.1, -0.05) is 30.3 Å². The van der Waals surface area contributed by atoms with Crippen LogP contribution in [0.5, 0.6) is 5.75 Å². The molecule has 0 aliphatic rings. The van der Waals surface area contributed by atoms with Crippen molar-refractivity contribution in [2.75, 3.05) is 0 Å². The zero-order chi connectivity index (χ0) is 21.2. The number of nitrogens with zero attached hydrogens (tertiary/aromatic N) is 2. The van der Waals surface area contributed by atoms with E-state index in [9.17, 15) is 18.0 Å². The molecule has 1 aromatic heterocycles. The monoisotopic (exact) mass is 405 g/mol. The Kier molecular flexibility index (Phi) is 5.81. The molecule has 29 heavy (non-hydrogen) atoms. The van der Waals surface area contributed by atoms with Crippen molar-refractivity contribution in [1.29, 1.82) is 0 Å². The average molecular weight is 405 g/mol. The van der Waals surface area contributed by atoms with Gasteiger partial charge in [-0.3, -0.25) is 9.48 Å². The van der Waals surface area contributed by atoms with Crippen LogP contribution in [0.25, 0.3) is 10.9 Å². The number of benzene rings is 2. The molecule has 0 radical (unpaired) electrons. The molecular formula is C21H22F3N3O2. The summed E-state index contributed by atoms with van der Waals surface area (Å²) in [6, 6.07) is 13.5. The van der Waals surface area contributed by atoms with Crippen LogP contribution in [0.15, 0.2) is 54.7 Å². The minimum Gasteiger partial charge on any atom is -0.484 e. The molecule has 0 fully saturated rings. The van der Waals surface area contributed by atoms with Crippen LogP contribution >= 0.6 is 0 Å². The molecule has 1 N–H and O–H groups in total.